The van der Waals surface area contributed by atoms with Gasteiger partial charge in [-0.15, -0.1) is 0 Å². The number of carbonyl (C=O) groups is 1. The van der Waals surface area contributed by atoms with Crippen LogP contribution in [0.1, 0.15) is 23.3 Å². The van der Waals surface area contributed by atoms with E-state index in [1.807, 2.05) is 54.6 Å². The minimum Gasteiger partial charge on any atom is -0.497 e. The van der Waals surface area contributed by atoms with Gasteiger partial charge in [0, 0.05) is 23.5 Å². The Morgan fingerprint density at radius 1 is 1.00 bits per heavy atom. The number of ketones is 1. The molecule has 4 rings (SSSR count). The van der Waals surface area contributed by atoms with Crippen molar-refractivity contribution in [2.75, 3.05) is 12.8 Å². The van der Waals surface area contributed by atoms with Crippen LogP contribution >= 0.6 is 0 Å². The van der Waals surface area contributed by atoms with Crippen LogP contribution < -0.4 is 10.5 Å². The minimum absolute atomic E-state index is 0. The number of aromatic nitrogens is 3. The molecule has 6 heteroatoms. The maximum atomic E-state index is 13.0. The van der Waals surface area contributed by atoms with E-state index in [1.165, 1.54) is 10.9 Å². The molecule has 0 aliphatic heterocycles. The molecule has 0 aliphatic rings. The topological polar surface area (TPSA) is 83.0 Å². The molecule has 0 radical (unpaired) electrons. The van der Waals surface area contributed by atoms with Crippen LogP contribution in [0.3, 0.4) is 0 Å². The molecule has 0 unspecified atom stereocenters. The first-order valence-corrected chi connectivity index (χ1v) is 8.70. The molecule has 0 bridgehead atoms. The molecule has 0 atom stereocenters. The van der Waals surface area contributed by atoms with E-state index in [1.54, 1.807) is 25.6 Å². The molecule has 2 heterocycles. The molecular weight excluding hydrogens is 364 g/mol. The third-order valence-electron chi connectivity index (χ3n) is 4.49. The van der Waals surface area contributed by atoms with E-state index in [0.717, 1.165) is 22.6 Å². The van der Waals surface area contributed by atoms with Gasteiger partial charge in [-0.1, -0.05) is 31.7 Å². The Labute approximate surface area is 169 Å². The molecule has 2 aromatic carbocycles. The maximum Gasteiger partial charge on any atom is 0.198 e. The van der Waals surface area contributed by atoms with Crippen molar-refractivity contribution in [2.45, 2.75) is 7.43 Å². The van der Waals surface area contributed by atoms with E-state index in [4.69, 9.17) is 10.5 Å². The van der Waals surface area contributed by atoms with Gasteiger partial charge in [0.15, 0.2) is 5.78 Å². The van der Waals surface area contributed by atoms with E-state index in [9.17, 15) is 4.79 Å². The Morgan fingerprint density at radius 2 is 1.76 bits per heavy atom. The Kier molecular flexibility index (Phi) is 5.74. The molecule has 2 aromatic heterocycles. The third-order valence-corrected chi connectivity index (χ3v) is 4.49. The second kappa shape index (κ2) is 8.39. The van der Waals surface area contributed by atoms with E-state index in [-0.39, 0.29) is 13.2 Å². The Bertz CT molecular complexity index is 1120. The summed E-state index contributed by atoms with van der Waals surface area (Å²) in [6, 6.07) is 18.5. The van der Waals surface area contributed by atoms with Crippen LogP contribution in [0.2, 0.25) is 0 Å². The van der Waals surface area contributed by atoms with Crippen molar-refractivity contribution >= 4 is 11.6 Å². The Balaban J connectivity index is 0.00000240. The van der Waals surface area contributed by atoms with E-state index in [2.05, 4.69) is 10.1 Å². The Hall–Kier alpha value is -3.93. The zero-order valence-electron chi connectivity index (χ0n) is 15.2. The van der Waals surface area contributed by atoms with Crippen LogP contribution in [0.5, 0.6) is 5.75 Å². The molecule has 29 heavy (non-hydrogen) atoms. The van der Waals surface area contributed by atoms with Crippen LogP contribution in [-0.2, 0) is 0 Å². The van der Waals surface area contributed by atoms with Crippen molar-refractivity contribution in [1.82, 2.24) is 14.8 Å². The van der Waals surface area contributed by atoms with E-state index in [0.29, 0.717) is 16.9 Å². The highest BCUT2D eigenvalue weighted by Crippen LogP contribution is 2.24. The van der Waals surface area contributed by atoms with Crippen LogP contribution in [-0.4, -0.2) is 27.7 Å². The second-order valence-corrected chi connectivity index (χ2v) is 6.20. The third kappa shape index (κ3) is 3.87. The number of anilines is 1. The number of benzene rings is 2. The monoisotopic (exact) mass is 386 g/mol. The number of carbonyl (C=O) groups excluding carboxylic acids is 1. The maximum absolute atomic E-state index is 13.0. The number of hydrogen-bond donors (Lipinski definition) is 1. The van der Waals surface area contributed by atoms with Crippen molar-refractivity contribution in [3.8, 4) is 22.6 Å². The lowest BCUT2D eigenvalue weighted by atomic mass is 10.00. The number of pyridine rings is 1. The van der Waals surface area contributed by atoms with Crippen molar-refractivity contribution in [3.05, 3.63) is 90.4 Å². The average molecular weight is 386 g/mol. The SMILES string of the molecule is C.COc1ccc(-n2ncc(C(=O)c3cccc(-c4cccnc4)c3)c2N)cc1. The van der Waals surface area contributed by atoms with E-state index >= 15 is 0 Å². The summed E-state index contributed by atoms with van der Waals surface area (Å²) in [5, 5.41) is 4.29. The van der Waals surface area contributed by atoms with Crippen LogP contribution in [0, 0.1) is 0 Å². The number of methoxy groups -OCH3 is 1. The van der Waals surface area contributed by atoms with Gasteiger partial charge in [-0.25, -0.2) is 4.68 Å². The summed E-state index contributed by atoms with van der Waals surface area (Å²) in [6.07, 6.45) is 4.98. The van der Waals surface area contributed by atoms with Crippen LogP contribution in [0.25, 0.3) is 16.8 Å². The van der Waals surface area contributed by atoms with Crippen molar-refractivity contribution in [1.29, 1.82) is 0 Å². The summed E-state index contributed by atoms with van der Waals surface area (Å²) < 4.78 is 6.70. The van der Waals surface area contributed by atoms with Gasteiger partial charge in [-0.05, 0) is 42.0 Å². The number of ether oxygens (including phenoxy) is 1. The van der Waals surface area contributed by atoms with Gasteiger partial charge in [0.25, 0.3) is 0 Å². The largest absolute Gasteiger partial charge is 0.497 e. The normalized spacial score (nSPS) is 10.2. The van der Waals surface area contributed by atoms with Gasteiger partial charge in [-0.2, -0.15) is 5.10 Å². The van der Waals surface area contributed by atoms with Crippen molar-refractivity contribution in [2.24, 2.45) is 0 Å². The summed E-state index contributed by atoms with van der Waals surface area (Å²) >= 11 is 0. The fourth-order valence-corrected chi connectivity index (χ4v) is 2.99. The summed E-state index contributed by atoms with van der Waals surface area (Å²) in [4.78, 5) is 17.2. The van der Waals surface area contributed by atoms with Gasteiger partial charge >= 0.3 is 0 Å². The van der Waals surface area contributed by atoms with E-state index < -0.39 is 0 Å². The smallest absolute Gasteiger partial charge is 0.198 e. The molecule has 0 saturated carbocycles. The summed E-state index contributed by atoms with van der Waals surface area (Å²) in [5.41, 5.74) is 9.75. The fourth-order valence-electron chi connectivity index (χ4n) is 2.99. The first-order valence-electron chi connectivity index (χ1n) is 8.70. The first kappa shape index (κ1) is 19.8. The molecule has 4 aromatic rings. The molecule has 0 fully saturated rings. The standard InChI is InChI=1S/C22H18N4O2.CH4/c1-28-19-9-7-18(8-10-19)26-22(23)20(14-25-26)21(27)16-5-2-4-15(12-16)17-6-3-11-24-13-17;/h2-14H,23H2,1H3;1H4. The zero-order valence-corrected chi connectivity index (χ0v) is 15.2. The number of hydrogen-bond acceptors (Lipinski definition) is 5. The van der Waals surface area contributed by atoms with Gasteiger partial charge in [0.2, 0.25) is 0 Å². The predicted octanol–water partition coefficient (Wildman–Crippen LogP) is 4.39. The summed E-state index contributed by atoms with van der Waals surface area (Å²) in [6.45, 7) is 0. The Morgan fingerprint density at radius 3 is 2.45 bits per heavy atom. The number of nitrogens with two attached hydrogens (primary N) is 1. The predicted molar refractivity (Wildman–Crippen MR) is 114 cm³/mol. The number of rotatable bonds is 5. The summed E-state index contributed by atoms with van der Waals surface area (Å²) in [5.74, 6) is 0.850. The molecule has 0 spiro atoms. The van der Waals surface area contributed by atoms with Gasteiger partial charge in [-0.3, -0.25) is 9.78 Å². The second-order valence-electron chi connectivity index (χ2n) is 6.20. The highest BCUT2D eigenvalue weighted by atomic mass is 16.5. The van der Waals surface area contributed by atoms with Crippen LogP contribution in [0.4, 0.5) is 5.82 Å². The number of nitrogen functional groups attached to an aromatic ring is 1. The van der Waals surface area contributed by atoms with Gasteiger partial charge in [0.05, 0.1) is 24.6 Å². The fraction of sp³-hybridized carbons (Fsp3) is 0.0870. The molecule has 0 aliphatic carbocycles. The molecule has 2 N–H and O–H groups in total. The molecular formula is C23H22N4O2. The number of nitrogens with zero attached hydrogens (tertiary/aromatic N) is 3. The van der Waals surface area contributed by atoms with Gasteiger partial charge in [0.1, 0.15) is 11.6 Å². The zero-order chi connectivity index (χ0) is 19.5. The summed E-state index contributed by atoms with van der Waals surface area (Å²) in [7, 11) is 1.60. The highest BCUT2D eigenvalue weighted by molar-refractivity contribution is 6.12. The van der Waals surface area contributed by atoms with Gasteiger partial charge < -0.3 is 10.5 Å². The molecule has 0 saturated heterocycles. The van der Waals surface area contributed by atoms with Crippen molar-refractivity contribution < 1.29 is 9.53 Å². The lowest BCUT2D eigenvalue weighted by molar-refractivity contribution is 0.103. The average Bonchev–Trinajstić information content (AvgIpc) is 3.15. The lowest BCUT2D eigenvalue weighted by Crippen LogP contribution is -2.07. The minimum atomic E-state index is -0.178. The lowest BCUT2D eigenvalue weighted by Gasteiger charge is -2.07. The molecule has 6 nitrogen and oxygen atoms in total. The molecule has 146 valence electrons. The quantitative estimate of drug-likeness (QED) is 0.514. The first-order chi connectivity index (χ1) is 13.7. The molecule has 0 amide bonds. The van der Waals surface area contributed by atoms with Crippen molar-refractivity contribution in [3.63, 3.8) is 0 Å². The highest BCUT2D eigenvalue weighted by Gasteiger charge is 2.18. The van der Waals surface area contributed by atoms with Crippen LogP contribution in [0.15, 0.2) is 79.3 Å².